The molecule has 2 rings (SSSR count). The lowest BCUT2D eigenvalue weighted by Gasteiger charge is -2.06. The normalized spacial score (nSPS) is 10.3. The first-order valence-electron chi connectivity index (χ1n) is 4.84. The van der Waals surface area contributed by atoms with E-state index in [1.54, 1.807) is 18.2 Å². The number of aromatic nitrogens is 1. The predicted molar refractivity (Wildman–Crippen MR) is 60.2 cm³/mol. The van der Waals surface area contributed by atoms with E-state index in [0.717, 1.165) is 6.07 Å². The van der Waals surface area contributed by atoms with E-state index < -0.39 is 11.6 Å². The summed E-state index contributed by atoms with van der Waals surface area (Å²) in [6.45, 7) is 0. The second kappa shape index (κ2) is 5.10. The highest BCUT2D eigenvalue weighted by Gasteiger charge is 2.10. The van der Waals surface area contributed by atoms with Crippen LogP contribution >= 0.6 is 11.6 Å². The van der Waals surface area contributed by atoms with Crippen LogP contribution in [0.1, 0.15) is 5.69 Å². The molecule has 0 amide bonds. The number of benzene rings is 1. The Morgan fingerprint density at radius 3 is 2.65 bits per heavy atom. The van der Waals surface area contributed by atoms with Gasteiger partial charge in [0.2, 0.25) is 11.7 Å². The average molecular weight is 256 g/mol. The third kappa shape index (κ3) is 2.71. The molecule has 0 spiro atoms. The number of hydrogen-bond donors (Lipinski definition) is 0. The smallest absolute Gasteiger partial charge is 0.219 e. The molecule has 0 unspecified atom stereocenters. The van der Waals surface area contributed by atoms with Gasteiger partial charge in [0.25, 0.3) is 0 Å². The number of nitrogens with zero attached hydrogens (tertiary/aromatic N) is 1. The Morgan fingerprint density at radius 2 is 1.88 bits per heavy atom. The number of rotatable bonds is 3. The van der Waals surface area contributed by atoms with Crippen molar-refractivity contribution in [3.63, 3.8) is 0 Å². The van der Waals surface area contributed by atoms with E-state index in [4.69, 9.17) is 16.3 Å². The Bertz CT molecular complexity index is 534. The minimum Gasteiger partial charge on any atom is -0.436 e. The number of hydrogen-bond acceptors (Lipinski definition) is 2. The summed E-state index contributed by atoms with van der Waals surface area (Å²) in [5.74, 6) is -1.80. The molecule has 0 aliphatic carbocycles. The van der Waals surface area contributed by atoms with Crippen LogP contribution in [0.2, 0.25) is 0 Å². The van der Waals surface area contributed by atoms with Crippen molar-refractivity contribution in [1.82, 2.24) is 4.98 Å². The summed E-state index contributed by atoms with van der Waals surface area (Å²) in [6, 6.07) is 8.64. The Morgan fingerprint density at radius 1 is 1.12 bits per heavy atom. The molecule has 88 valence electrons. The van der Waals surface area contributed by atoms with E-state index in [0.29, 0.717) is 5.69 Å². The highest BCUT2D eigenvalue weighted by Crippen LogP contribution is 2.24. The van der Waals surface area contributed by atoms with Crippen molar-refractivity contribution in [2.24, 2.45) is 0 Å². The van der Waals surface area contributed by atoms with Crippen molar-refractivity contribution in [3.05, 3.63) is 53.7 Å². The van der Waals surface area contributed by atoms with E-state index in [1.807, 2.05) is 0 Å². The van der Waals surface area contributed by atoms with Crippen LogP contribution < -0.4 is 4.74 Å². The van der Waals surface area contributed by atoms with Gasteiger partial charge in [-0.25, -0.2) is 9.37 Å². The molecule has 0 atom stereocenters. The minimum atomic E-state index is -1.04. The van der Waals surface area contributed by atoms with Gasteiger partial charge >= 0.3 is 0 Å². The van der Waals surface area contributed by atoms with Gasteiger partial charge < -0.3 is 4.74 Å². The van der Waals surface area contributed by atoms with Crippen LogP contribution in [0.3, 0.4) is 0 Å². The second-order valence-corrected chi connectivity index (χ2v) is 3.52. The fraction of sp³-hybridized carbons (Fsp3) is 0.0833. The standard InChI is InChI=1S/C12H8ClF2NO/c13-7-8-3-1-6-11(16-8)17-10-5-2-4-9(14)12(10)15/h1-6H,7H2. The number of ether oxygens (including phenoxy) is 1. The average Bonchev–Trinajstić information content (AvgIpc) is 2.35. The first-order chi connectivity index (χ1) is 8.20. The quantitative estimate of drug-likeness (QED) is 0.776. The molecule has 0 bridgehead atoms. The Balaban J connectivity index is 2.28. The summed E-state index contributed by atoms with van der Waals surface area (Å²) in [5.41, 5.74) is 0.598. The van der Waals surface area contributed by atoms with E-state index in [2.05, 4.69) is 4.98 Å². The molecule has 0 fully saturated rings. The Labute approximate surface area is 102 Å². The van der Waals surface area contributed by atoms with Crippen LogP contribution in [0.25, 0.3) is 0 Å². The SMILES string of the molecule is Fc1cccc(Oc2cccc(CCl)n2)c1F. The van der Waals surface area contributed by atoms with E-state index in [1.165, 1.54) is 12.1 Å². The lowest BCUT2D eigenvalue weighted by Crippen LogP contribution is -1.94. The predicted octanol–water partition coefficient (Wildman–Crippen LogP) is 3.89. The van der Waals surface area contributed by atoms with Gasteiger partial charge in [0.15, 0.2) is 11.6 Å². The van der Waals surface area contributed by atoms with Gasteiger partial charge in [-0.1, -0.05) is 12.1 Å². The molecule has 2 nitrogen and oxygen atoms in total. The fourth-order valence-electron chi connectivity index (χ4n) is 1.26. The maximum atomic E-state index is 13.3. The molecule has 0 aliphatic rings. The van der Waals surface area contributed by atoms with Crippen molar-refractivity contribution < 1.29 is 13.5 Å². The monoisotopic (exact) mass is 255 g/mol. The van der Waals surface area contributed by atoms with Gasteiger partial charge in [0.05, 0.1) is 11.6 Å². The molecule has 0 radical (unpaired) electrons. The maximum Gasteiger partial charge on any atom is 0.219 e. The molecule has 0 saturated carbocycles. The van der Waals surface area contributed by atoms with Crippen LogP contribution in [-0.2, 0) is 5.88 Å². The first-order valence-corrected chi connectivity index (χ1v) is 5.38. The Kier molecular flexibility index (Phi) is 3.54. The molecule has 17 heavy (non-hydrogen) atoms. The summed E-state index contributed by atoms with van der Waals surface area (Å²) >= 11 is 5.61. The van der Waals surface area contributed by atoms with Gasteiger partial charge in [-0.15, -0.1) is 11.6 Å². The lowest BCUT2D eigenvalue weighted by atomic mass is 10.3. The molecular weight excluding hydrogens is 248 g/mol. The van der Waals surface area contributed by atoms with Gasteiger partial charge in [-0.05, 0) is 18.2 Å². The van der Waals surface area contributed by atoms with Gasteiger partial charge in [-0.3, -0.25) is 0 Å². The van der Waals surface area contributed by atoms with Crippen LogP contribution in [0.5, 0.6) is 11.6 Å². The molecule has 2 aromatic rings. The van der Waals surface area contributed by atoms with Crippen LogP contribution in [0, 0.1) is 11.6 Å². The maximum absolute atomic E-state index is 13.3. The molecular formula is C12H8ClF2NO. The van der Waals surface area contributed by atoms with Crippen molar-refractivity contribution in [2.45, 2.75) is 5.88 Å². The topological polar surface area (TPSA) is 22.1 Å². The molecule has 5 heteroatoms. The third-order valence-electron chi connectivity index (χ3n) is 2.05. The summed E-state index contributed by atoms with van der Waals surface area (Å²) < 4.78 is 31.4. The molecule has 1 heterocycles. The summed E-state index contributed by atoms with van der Waals surface area (Å²) in [5, 5.41) is 0. The van der Waals surface area contributed by atoms with Crippen LogP contribution in [0.15, 0.2) is 36.4 Å². The van der Waals surface area contributed by atoms with Crippen LogP contribution in [0.4, 0.5) is 8.78 Å². The summed E-state index contributed by atoms with van der Waals surface area (Å²) in [4.78, 5) is 4.01. The summed E-state index contributed by atoms with van der Waals surface area (Å²) in [7, 11) is 0. The molecule has 1 aromatic heterocycles. The minimum absolute atomic E-state index is 0.174. The lowest BCUT2D eigenvalue weighted by molar-refractivity contribution is 0.405. The second-order valence-electron chi connectivity index (χ2n) is 3.25. The number of pyridine rings is 1. The molecule has 0 aliphatic heterocycles. The highest BCUT2D eigenvalue weighted by molar-refractivity contribution is 6.16. The van der Waals surface area contributed by atoms with E-state index >= 15 is 0 Å². The fourth-order valence-corrected chi connectivity index (χ4v) is 1.41. The van der Waals surface area contributed by atoms with Gasteiger partial charge in [0, 0.05) is 6.07 Å². The number of alkyl halides is 1. The summed E-state index contributed by atoms with van der Waals surface area (Å²) in [6.07, 6.45) is 0. The van der Waals surface area contributed by atoms with E-state index in [-0.39, 0.29) is 17.5 Å². The highest BCUT2D eigenvalue weighted by atomic mass is 35.5. The first kappa shape index (κ1) is 11.8. The largest absolute Gasteiger partial charge is 0.436 e. The zero-order chi connectivity index (χ0) is 12.3. The molecule has 0 saturated heterocycles. The Hall–Kier alpha value is -1.68. The van der Waals surface area contributed by atoms with Crippen molar-refractivity contribution in [1.29, 1.82) is 0 Å². The van der Waals surface area contributed by atoms with Crippen molar-refractivity contribution in [3.8, 4) is 11.6 Å². The zero-order valence-corrected chi connectivity index (χ0v) is 9.42. The van der Waals surface area contributed by atoms with Crippen molar-refractivity contribution in [2.75, 3.05) is 0 Å². The van der Waals surface area contributed by atoms with Crippen molar-refractivity contribution >= 4 is 11.6 Å². The van der Waals surface area contributed by atoms with Gasteiger partial charge in [0.1, 0.15) is 0 Å². The third-order valence-corrected chi connectivity index (χ3v) is 2.32. The van der Waals surface area contributed by atoms with E-state index in [9.17, 15) is 8.78 Å². The molecule has 0 N–H and O–H groups in total. The zero-order valence-electron chi connectivity index (χ0n) is 8.66. The molecule has 1 aromatic carbocycles. The van der Waals surface area contributed by atoms with Gasteiger partial charge in [-0.2, -0.15) is 4.39 Å². The number of halogens is 3. The van der Waals surface area contributed by atoms with Crippen LogP contribution in [-0.4, -0.2) is 4.98 Å².